The number of aliphatic hydroxyl groups excluding tert-OH is 1. The zero-order valence-corrected chi connectivity index (χ0v) is 16.5. The molecule has 8 heteroatoms. The molecule has 4 heterocycles. The van der Waals surface area contributed by atoms with E-state index in [2.05, 4.69) is 15.1 Å². The van der Waals surface area contributed by atoms with E-state index in [0.717, 1.165) is 30.1 Å². The number of thiophene rings is 1. The Morgan fingerprint density at radius 1 is 1.14 bits per heavy atom. The van der Waals surface area contributed by atoms with Gasteiger partial charge in [-0.1, -0.05) is 18.2 Å². The van der Waals surface area contributed by atoms with Gasteiger partial charge in [-0.05, 0) is 55.0 Å². The summed E-state index contributed by atoms with van der Waals surface area (Å²) in [7, 11) is 0. The lowest BCUT2D eigenvalue weighted by Gasteiger charge is -2.27. The number of nitrogens with zero attached hydrogens (tertiary/aromatic N) is 5. The average Bonchev–Trinajstić information content (AvgIpc) is 3.48. The van der Waals surface area contributed by atoms with Crippen LogP contribution >= 0.6 is 11.3 Å². The molecule has 1 saturated heterocycles. The van der Waals surface area contributed by atoms with Crippen molar-refractivity contribution < 1.29 is 9.50 Å². The van der Waals surface area contributed by atoms with Crippen LogP contribution in [0.15, 0.2) is 53.9 Å². The van der Waals surface area contributed by atoms with Crippen LogP contribution in [0, 0.1) is 5.82 Å². The van der Waals surface area contributed by atoms with E-state index in [9.17, 15) is 9.50 Å². The first kappa shape index (κ1) is 18.2. The molecule has 0 bridgehead atoms. The second kappa shape index (κ2) is 7.53. The van der Waals surface area contributed by atoms with Gasteiger partial charge in [-0.2, -0.15) is 4.52 Å². The number of anilines is 1. The molecule has 1 N–H and O–H groups in total. The normalized spacial score (nSPS) is 17.9. The number of hydrogen-bond acceptors (Lipinski definition) is 6. The summed E-state index contributed by atoms with van der Waals surface area (Å²) in [6, 6.07) is 14.4. The van der Waals surface area contributed by atoms with E-state index in [-0.39, 0.29) is 11.9 Å². The van der Waals surface area contributed by atoms with Crippen LogP contribution in [0.1, 0.15) is 30.2 Å². The van der Waals surface area contributed by atoms with E-state index in [4.69, 9.17) is 5.10 Å². The minimum Gasteiger partial charge on any atom is -0.387 e. The molecule has 1 aromatic carbocycles. The zero-order chi connectivity index (χ0) is 19.8. The molecule has 29 heavy (non-hydrogen) atoms. The van der Waals surface area contributed by atoms with Crippen LogP contribution in [0.25, 0.3) is 17.0 Å². The zero-order valence-electron chi connectivity index (χ0n) is 15.6. The Labute approximate surface area is 171 Å². The molecule has 5 rings (SSSR count). The summed E-state index contributed by atoms with van der Waals surface area (Å²) in [5.74, 6) is 0.817. The fourth-order valence-corrected chi connectivity index (χ4v) is 4.70. The SMILES string of the molecule is OC(CC1CCCN1c1ccc2nnc(-c3ccccc3F)n2n1)c1cccs1. The van der Waals surface area contributed by atoms with Crippen molar-refractivity contribution in [3.63, 3.8) is 0 Å². The van der Waals surface area contributed by atoms with Crippen molar-refractivity contribution in [1.29, 1.82) is 0 Å². The first-order valence-electron chi connectivity index (χ1n) is 9.66. The van der Waals surface area contributed by atoms with Crippen molar-refractivity contribution in [2.75, 3.05) is 11.4 Å². The van der Waals surface area contributed by atoms with E-state index >= 15 is 0 Å². The van der Waals surface area contributed by atoms with Crippen molar-refractivity contribution in [2.45, 2.75) is 31.4 Å². The molecule has 148 valence electrons. The molecular formula is C21H20FN5OS. The number of aromatic nitrogens is 4. The topological polar surface area (TPSA) is 66.5 Å². The summed E-state index contributed by atoms with van der Waals surface area (Å²) in [6.45, 7) is 0.873. The highest BCUT2D eigenvalue weighted by Gasteiger charge is 2.29. The summed E-state index contributed by atoms with van der Waals surface area (Å²) in [5, 5.41) is 25.6. The predicted molar refractivity (Wildman–Crippen MR) is 110 cm³/mol. The molecule has 2 unspecified atom stereocenters. The maximum absolute atomic E-state index is 14.3. The first-order chi connectivity index (χ1) is 14.2. The molecule has 3 aromatic heterocycles. The van der Waals surface area contributed by atoms with Crippen LogP contribution in [0.4, 0.5) is 10.2 Å². The predicted octanol–water partition coefficient (Wildman–Crippen LogP) is 4.08. The number of rotatable bonds is 5. The van der Waals surface area contributed by atoms with E-state index < -0.39 is 6.10 Å². The molecular weight excluding hydrogens is 389 g/mol. The highest BCUT2D eigenvalue weighted by molar-refractivity contribution is 7.10. The van der Waals surface area contributed by atoms with Gasteiger partial charge in [0.2, 0.25) is 0 Å². The highest BCUT2D eigenvalue weighted by Crippen LogP contribution is 2.32. The largest absolute Gasteiger partial charge is 0.387 e. The van der Waals surface area contributed by atoms with E-state index in [1.54, 1.807) is 34.1 Å². The number of aliphatic hydroxyl groups is 1. The third-order valence-electron chi connectivity index (χ3n) is 5.40. The van der Waals surface area contributed by atoms with Crippen LogP contribution in [-0.4, -0.2) is 37.5 Å². The number of benzene rings is 1. The maximum atomic E-state index is 14.3. The summed E-state index contributed by atoms with van der Waals surface area (Å²) >= 11 is 1.58. The molecule has 6 nitrogen and oxygen atoms in total. The maximum Gasteiger partial charge on any atom is 0.188 e. The van der Waals surface area contributed by atoms with Crippen molar-refractivity contribution in [3.8, 4) is 11.4 Å². The lowest BCUT2D eigenvalue weighted by atomic mass is 10.1. The van der Waals surface area contributed by atoms with Gasteiger partial charge in [0, 0.05) is 17.5 Å². The Balaban J connectivity index is 1.47. The Kier molecular flexibility index (Phi) is 4.73. The molecule has 0 saturated carbocycles. The van der Waals surface area contributed by atoms with Crippen LogP contribution in [0.2, 0.25) is 0 Å². The Morgan fingerprint density at radius 3 is 2.86 bits per heavy atom. The lowest BCUT2D eigenvalue weighted by molar-refractivity contribution is 0.161. The van der Waals surface area contributed by atoms with Gasteiger partial charge in [0.25, 0.3) is 0 Å². The van der Waals surface area contributed by atoms with Crippen molar-refractivity contribution in [2.24, 2.45) is 0 Å². The van der Waals surface area contributed by atoms with Crippen LogP contribution < -0.4 is 4.90 Å². The van der Waals surface area contributed by atoms with Gasteiger partial charge in [-0.3, -0.25) is 0 Å². The highest BCUT2D eigenvalue weighted by atomic mass is 32.1. The summed E-state index contributed by atoms with van der Waals surface area (Å²) < 4.78 is 15.9. The quantitative estimate of drug-likeness (QED) is 0.538. The fourth-order valence-electron chi connectivity index (χ4n) is 3.98. The van der Waals surface area contributed by atoms with Gasteiger partial charge in [0.05, 0.1) is 11.7 Å². The molecule has 1 aliphatic heterocycles. The third kappa shape index (κ3) is 3.38. The van der Waals surface area contributed by atoms with Gasteiger partial charge in [-0.25, -0.2) is 4.39 Å². The van der Waals surface area contributed by atoms with Crippen molar-refractivity contribution in [3.05, 3.63) is 64.6 Å². The average molecular weight is 409 g/mol. The van der Waals surface area contributed by atoms with Gasteiger partial charge in [-0.15, -0.1) is 26.6 Å². The molecule has 1 fully saturated rings. The van der Waals surface area contributed by atoms with E-state index in [1.165, 1.54) is 6.07 Å². The molecule has 0 amide bonds. The first-order valence-corrected chi connectivity index (χ1v) is 10.5. The van der Waals surface area contributed by atoms with Crippen LogP contribution in [-0.2, 0) is 0 Å². The molecule has 4 aromatic rings. The fraction of sp³-hybridized carbons (Fsp3) is 0.286. The van der Waals surface area contributed by atoms with Crippen molar-refractivity contribution in [1.82, 2.24) is 19.8 Å². The van der Waals surface area contributed by atoms with E-state index in [1.807, 2.05) is 29.6 Å². The van der Waals surface area contributed by atoms with Crippen LogP contribution in [0.3, 0.4) is 0 Å². The van der Waals surface area contributed by atoms with Gasteiger partial charge in [0.15, 0.2) is 11.5 Å². The second-order valence-electron chi connectivity index (χ2n) is 7.22. The number of hydrogen-bond donors (Lipinski definition) is 1. The molecule has 0 aliphatic carbocycles. The Morgan fingerprint density at radius 2 is 2.03 bits per heavy atom. The summed E-state index contributed by atoms with van der Waals surface area (Å²) in [5.41, 5.74) is 0.942. The molecule has 0 radical (unpaired) electrons. The minimum absolute atomic E-state index is 0.199. The Bertz CT molecular complexity index is 1130. The number of fused-ring (bicyclic) bond motifs is 1. The van der Waals surface area contributed by atoms with Gasteiger partial charge < -0.3 is 10.0 Å². The molecule has 0 spiro atoms. The molecule has 1 aliphatic rings. The van der Waals surface area contributed by atoms with Crippen molar-refractivity contribution >= 4 is 22.8 Å². The third-order valence-corrected chi connectivity index (χ3v) is 6.38. The second-order valence-corrected chi connectivity index (χ2v) is 8.20. The summed E-state index contributed by atoms with van der Waals surface area (Å²) in [6.07, 6.45) is 2.23. The number of halogens is 1. The summed E-state index contributed by atoms with van der Waals surface area (Å²) in [4.78, 5) is 3.21. The minimum atomic E-state index is -0.479. The van der Waals surface area contributed by atoms with Gasteiger partial charge >= 0.3 is 0 Å². The van der Waals surface area contributed by atoms with E-state index in [0.29, 0.717) is 23.5 Å². The van der Waals surface area contributed by atoms with Crippen LogP contribution in [0.5, 0.6) is 0 Å². The monoisotopic (exact) mass is 409 g/mol. The Hall–Kier alpha value is -2.84. The lowest BCUT2D eigenvalue weighted by Crippen LogP contribution is -2.31. The standard InChI is InChI=1S/C21H20FN5OS/c22-16-7-2-1-6-15(16)21-24-23-19-9-10-20(25-27(19)21)26-11-3-5-14(26)13-17(28)18-8-4-12-29-18/h1-2,4,6-10,12,14,17,28H,3,5,11,13H2. The molecule has 2 atom stereocenters. The van der Waals surface area contributed by atoms with Gasteiger partial charge in [0.1, 0.15) is 11.6 Å². The smallest absolute Gasteiger partial charge is 0.188 e.